The summed E-state index contributed by atoms with van der Waals surface area (Å²) in [5.41, 5.74) is -1.18. The molecule has 1 fully saturated rings. The smallest absolute Gasteiger partial charge is 0.379 e. The van der Waals surface area contributed by atoms with Gasteiger partial charge in [0.2, 0.25) is 0 Å². The van der Waals surface area contributed by atoms with E-state index in [1.807, 2.05) is 11.9 Å². The topological polar surface area (TPSA) is 75.1 Å². The number of nitrogens with zero attached hydrogens (tertiary/aromatic N) is 4. The largest absolute Gasteiger partial charge is 0.417 e. The fraction of sp³-hybridized carbons (Fsp3) is 0.346. The minimum atomic E-state index is -4.72. The predicted molar refractivity (Wildman–Crippen MR) is 136 cm³/mol. The molecule has 12 heteroatoms. The number of hydrogen-bond donors (Lipinski definition) is 2. The van der Waals surface area contributed by atoms with E-state index in [4.69, 9.17) is 0 Å². The Morgan fingerprint density at radius 1 is 1.24 bits per heavy atom. The van der Waals surface area contributed by atoms with Crippen LogP contribution in [0.25, 0.3) is 22.4 Å². The molecule has 7 nitrogen and oxygen atoms in total. The maximum absolute atomic E-state index is 14.7. The average molecular weight is 535 g/mol. The number of alkyl halides is 4. The van der Waals surface area contributed by atoms with Gasteiger partial charge in [0.05, 0.1) is 29.2 Å². The second kappa shape index (κ2) is 10.9. The molecule has 0 radical (unpaired) electrons. The summed E-state index contributed by atoms with van der Waals surface area (Å²) in [6.07, 6.45) is -1.37. The summed E-state index contributed by atoms with van der Waals surface area (Å²) in [6.45, 7) is 4.10. The van der Waals surface area contributed by atoms with E-state index >= 15 is 0 Å². The van der Waals surface area contributed by atoms with Gasteiger partial charge < -0.3 is 15.5 Å². The van der Waals surface area contributed by atoms with E-state index in [-0.39, 0.29) is 35.6 Å². The molecule has 0 bridgehead atoms. The van der Waals surface area contributed by atoms with Crippen molar-refractivity contribution in [3.63, 3.8) is 0 Å². The number of likely N-dealkylation sites (tertiary alicyclic amines) is 1. The van der Waals surface area contributed by atoms with E-state index in [1.165, 1.54) is 25.3 Å². The van der Waals surface area contributed by atoms with Gasteiger partial charge in [-0.3, -0.25) is 9.48 Å². The first-order valence-corrected chi connectivity index (χ1v) is 11.9. The summed E-state index contributed by atoms with van der Waals surface area (Å²) in [5, 5.41) is 10.0. The monoisotopic (exact) mass is 534 g/mol. The van der Waals surface area contributed by atoms with Crippen molar-refractivity contribution in [2.75, 3.05) is 32.0 Å². The lowest BCUT2D eigenvalue weighted by Crippen LogP contribution is -2.46. The zero-order valence-corrected chi connectivity index (χ0v) is 20.8. The van der Waals surface area contributed by atoms with Gasteiger partial charge in [-0.15, -0.1) is 0 Å². The number of carbonyl (C=O) groups is 1. The van der Waals surface area contributed by atoms with Gasteiger partial charge in [-0.05, 0) is 31.7 Å². The number of benzene rings is 1. The van der Waals surface area contributed by atoms with Gasteiger partial charge in [-0.2, -0.15) is 18.3 Å². The number of anilines is 1. The Morgan fingerprint density at radius 3 is 2.66 bits per heavy atom. The fourth-order valence-corrected chi connectivity index (χ4v) is 4.32. The Morgan fingerprint density at radius 2 is 2.00 bits per heavy atom. The summed E-state index contributed by atoms with van der Waals surface area (Å²) in [4.78, 5) is 18.2. The van der Waals surface area contributed by atoms with Crippen LogP contribution in [0.1, 0.15) is 28.3 Å². The predicted octanol–water partition coefficient (Wildman–Crippen LogP) is 4.58. The molecule has 1 amide bonds. The zero-order valence-electron chi connectivity index (χ0n) is 20.8. The first-order chi connectivity index (χ1) is 17.9. The van der Waals surface area contributed by atoms with E-state index in [2.05, 4.69) is 27.3 Å². The molecule has 38 heavy (non-hydrogen) atoms. The first-order valence-electron chi connectivity index (χ1n) is 11.9. The highest BCUT2D eigenvalue weighted by Crippen LogP contribution is 2.37. The Hall–Kier alpha value is -3.80. The maximum atomic E-state index is 14.7. The summed E-state index contributed by atoms with van der Waals surface area (Å²) in [6, 6.07) is 5.87. The van der Waals surface area contributed by atoms with E-state index in [1.54, 1.807) is 18.2 Å². The minimum absolute atomic E-state index is 0.0524. The quantitative estimate of drug-likeness (QED) is 0.434. The average Bonchev–Trinajstić information content (AvgIpc) is 3.20. The maximum Gasteiger partial charge on any atom is 0.417 e. The van der Waals surface area contributed by atoms with Crippen LogP contribution in [0.3, 0.4) is 0 Å². The number of nitrogens with one attached hydrogen (secondary N) is 2. The normalized spacial score (nSPS) is 18.7. The number of fused-ring (bicyclic) bond motifs is 1. The summed E-state index contributed by atoms with van der Waals surface area (Å²) >= 11 is 0. The minimum Gasteiger partial charge on any atom is -0.379 e. The van der Waals surface area contributed by atoms with Crippen LogP contribution in [-0.4, -0.2) is 70.6 Å². The van der Waals surface area contributed by atoms with E-state index in [0.29, 0.717) is 24.0 Å². The van der Waals surface area contributed by atoms with Crippen molar-refractivity contribution < 1.29 is 26.7 Å². The lowest BCUT2D eigenvalue weighted by atomic mass is 9.99. The van der Waals surface area contributed by atoms with Gasteiger partial charge in [0.25, 0.3) is 5.91 Å². The third-order valence-electron chi connectivity index (χ3n) is 6.28. The molecule has 1 saturated heterocycles. The highest BCUT2D eigenvalue weighted by molar-refractivity contribution is 6.01. The molecule has 202 valence electrons. The molecule has 2 aromatic heterocycles. The summed E-state index contributed by atoms with van der Waals surface area (Å²) < 4.78 is 70.5. The van der Waals surface area contributed by atoms with Gasteiger partial charge in [-0.25, -0.2) is 13.8 Å². The van der Waals surface area contributed by atoms with Gasteiger partial charge in [-0.1, -0.05) is 24.8 Å². The molecule has 2 atom stereocenters. The van der Waals surface area contributed by atoms with Crippen LogP contribution >= 0.6 is 0 Å². The van der Waals surface area contributed by atoms with E-state index < -0.39 is 35.7 Å². The molecule has 0 aliphatic carbocycles. The number of carbonyl (C=O) groups excluding carboxylic acids is 1. The molecule has 3 heterocycles. The SMILES string of the molecule is C=C(c1nc(/C=C/CNC(=O)c2nn(C)cc2F)cc2c(N[C@@H]3CCN(C)C[C@@H]3F)cccc12)C(F)(F)F. The van der Waals surface area contributed by atoms with Crippen LogP contribution in [0.15, 0.2) is 43.1 Å². The first kappa shape index (κ1) is 27.2. The van der Waals surface area contributed by atoms with Crippen molar-refractivity contribution in [3.05, 3.63) is 66.0 Å². The zero-order chi connectivity index (χ0) is 27.6. The fourth-order valence-electron chi connectivity index (χ4n) is 4.32. The number of pyridine rings is 1. The van der Waals surface area contributed by atoms with Crippen molar-refractivity contribution in [1.82, 2.24) is 25.0 Å². The number of rotatable bonds is 7. The van der Waals surface area contributed by atoms with Gasteiger partial charge in [0.1, 0.15) is 6.17 Å². The van der Waals surface area contributed by atoms with Crippen LogP contribution in [0.4, 0.5) is 27.6 Å². The molecule has 1 aliphatic heterocycles. The van der Waals surface area contributed by atoms with Gasteiger partial charge >= 0.3 is 6.18 Å². The van der Waals surface area contributed by atoms with Crippen LogP contribution in [-0.2, 0) is 7.05 Å². The third kappa shape index (κ3) is 6.01. The molecule has 2 N–H and O–H groups in total. The molecule has 1 aliphatic rings. The highest BCUT2D eigenvalue weighted by atomic mass is 19.4. The molecule has 0 unspecified atom stereocenters. The van der Waals surface area contributed by atoms with Crippen molar-refractivity contribution >= 4 is 34.0 Å². The summed E-state index contributed by atoms with van der Waals surface area (Å²) in [7, 11) is 3.30. The Kier molecular flexibility index (Phi) is 7.81. The molecule has 4 rings (SSSR count). The Balaban J connectivity index is 1.63. The third-order valence-corrected chi connectivity index (χ3v) is 6.28. The molecular weight excluding hydrogens is 507 g/mol. The number of halogens is 5. The second-order valence-corrected chi connectivity index (χ2v) is 9.20. The number of aryl methyl sites for hydroxylation is 1. The molecule has 0 spiro atoms. The number of aromatic nitrogens is 3. The highest BCUT2D eigenvalue weighted by Gasteiger charge is 2.35. The number of hydrogen-bond acceptors (Lipinski definition) is 5. The van der Waals surface area contributed by atoms with Crippen LogP contribution < -0.4 is 10.6 Å². The molecule has 0 saturated carbocycles. The Labute approximate surface area is 216 Å². The second-order valence-electron chi connectivity index (χ2n) is 9.20. The number of allylic oxidation sites excluding steroid dienone is 1. The molecular formula is C26H27F5N6O. The lowest BCUT2D eigenvalue weighted by Gasteiger charge is -2.33. The van der Waals surface area contributed by atoms with Crippen molar-refractivity contribution in [1.29, 1.82) is 0 Å². The van der Waals surface area contributed by atoms with Crippen LogP contribution in [0.2, 0.25) is 0 Å². The lowest BCUT2D eigenvalue weighted by molar-refractivity contribution is -0.0688. The number of piperidine rings is 1. The van der Waals surface area contributed by atoms with Gasteiger partial charge in [0, 0.05) is 43.1 Å². The van der Waals surface area contributed by atoms with Crippen molar-refractivity contribution in [2.24, 2.45) is 7.05 Å². The van der Waals surface area contributed by atoms with Crippen LogP contribution in [0, 0.1) is 5.82 Å². The van der Waals surface area contributed by atoms with E-state index in [0.717, 1.165) is 10.9 Å². The standard InChI is InChI=1S/C26H27F5N6O/c1-15(26(29,30)31)23-17-7-4-8-21(34-22-9-11-36(2)13-19(22)27)18(17)12-16(33-23)6-5-10-32-25(38)24-20(28)14-37(3)35-24/h4-8,12,14,19,22,34H,1,9-11,13H2,2-3H3,(H,32,38)/b6-5+/t19-,22+/m0/s1. The van der Waals surface area contributed by atoms with Gasteiger partial charge in [0.15, 0.2) is 11.5 Å². The molecule has 1 aromatic carbocycles. The number of amides is 1. The van der Waals surface area contributed by atoms with Crippen molar-refractivity contribution in [2.45, 2.75) is 24.8 Å². The Bertz CT molecular complexity index is 1380. The van der Waals surface area contributed by atoms with Crippen LogP contribution in [0.5, 0.6) is 0 Å². The van der Waals surface area contributed by atoms with E-state index in [9.17, 15) is 26.7 Å². The molecule has 3 aromatic rings. The van der Waals surface area contributed by atoms with Crippen molar-refractivity contribution in [3.8, 4) is 0 Å². The summed E-state index contributed by atoms with van der Waals surface area (Å²) in [5.74, 6) is -1.52.